The van der Waals surface area contributed by atoms with E-state index in [1.165, 1.54) is 7.11 Å². The first kappa shape index (κ1) is 15.0. The van der Waals surface area contributed by atoms with E-state index in [1.807, 2.05) is 0 Å². The maximum atomic E-state index is 10.8. The van der Waals surface area contributed by atoms with Gasteiger partial charge in [-0.25, -0.2) is 0 Å². The summed E-state index contributed by atoms with van der Waals surface area (Å²) in [5.74, 6) is 3.04. The number of ether oxygens (including phenoxy) is 1. The van der Waals surface area contributed by atoms with Crippen LogP contribution in [0.4, 0.5) is 0 Å². The minimum absolute atomic E-state index is 0.132. The van der Waals surface area contributed by atoms with Gasteiger partial charge in [0.05, 0.1) is 7.11 Å². The molecule has 0 amide bonds. The fourth-order valence-corrected chi connectivity index (χ4v) is 1.68. The lowest BCUT2D eigenvalue weighted by Crippen LogP contribution is -2.16. The predicted molar refractivity (Wildman–Crippen MR) is 70.7 cm³/mol. The molecule has 2 nitrogen and oxygen atoms in total. The van der Waals surface area contributed by atoms with Gasteiger partial charge in [-0.3, -0.25) is 4.79 Å². The van der Waals surface area contributed by atoms with Gasteiger partial charge in [0, 0.05) is 12.8 Å². The molecule has 0 saturated heterocycles. The summed E-state index contributed by atoms with van der Waals surface area (Å²) in [4.78, 5) is 10.8. The van der Waals surface area contributed by atoms with Gasteiger partial charge < -0.3 is 4.74 Å². The lowest BCUT2D eigenvalue weighted by Gasteiger charge is -2.02. The van der Waals surface area contributed by atoms with Crippen LogP contribution in [-0.4, -0.2) is 21.2 Å². The Labute approximate surface area is 100 Å². The van der Waals surface area contributed by atoms with Crippen molar-refractivity contribution in [1.29, 1.82) is 0 Å². The molecule has 0 unspecified atom stereocenters. The molecule has 0 aliphatic carbocycles. The fraction of sp³-hybridized carbons (Fsp3) is 0.615. The van der Waals surface area contributed by atoms with Gasteiger partial charge >= 0.3 is 5.97 Å². The fourth-order valence-electron chi connectivity index (χ4n) is 1.04. The molecule has 0 aromatic rings. The summed E-state index contributed by atoms with van der Waals surface area (Å²) < 4.78 is 4.55. The topological polar surface area (TPSA) is 26.3 Å². The summed E-state index contributed by atoms with van der Waals surface area (Å²) in [6, 6.07) is 0. The monoisotopic (exact) mass is 238 g/mol. The largest absolute Gasteiger partial charge is 0.469 e. The Balaban J connectivity index is 3.55. The average Bonchev–Trinajstić information content (AvgIpc) is 2.20. The van der Waals surface area contributed by atoms with Gasteiger partial charge in [-0.05, 0) is 12.8 Å². The van der Waals surface area contributed by atoms with E-state index in [0.717, 1.165) is 19.3 Å². The molecule has 0 aromatic heterocycles. The van der Waals surface area contributed by atoms with Crippen LogP contribution in [0.5, 0.6) is 0 Å². The van der Waals surface area contributed by atoms with E-state index in [-0.39, 0.29) is 5.97 Å². The average molecular weight is 238 g/mol. The van der Waals surface area contributed by atoms with Crippen molar-refractivity contribution in [2.24, 2.45) is 0 Å². The van der Waals surface area contributed by atoms with Gasteiger partial charge in [0.1, 0.15) is 8.07 Å². The van der Waals surface area contributed by atoms with Gasteiger partial charge in [0.25, 0.3) is 0 Å². The minimum Gasteiger partial charge on any atom is -0.469 e. The molecule has 0 atom stereocenters. The first-order chi connectivity index (χ1) is 7.45. The number of methoxy groups -OCH3 is 1. The van der Waals surface area contributed by atoms with E-state index in [2.05, 4.69) is 48.0 Å². The predicted octanol–water partition coefficient (Wildman–Crippen LogP) is 3.16. The zero-order chi connectivity index (χ0) is 12.4. The van der Waals surface area contributed by atoms with Crippen LogP contribution in [-0.2, 0) is 9.53 Å². The number of carbonyl (C=O) groups is 1. The lowest BCUT2D eigenvalue weighted by atomic mass is 10.2. The Kier molecular flexibility index (Phi) is 7.66. The van der Waals surface area contributed by atoms with E-state index in [9.17, 15) is 4.79 Å². The lowest BCUT2D eigenvalue weighted by molar-refractivity contribution is -0.140. The van der Waals surface area contributed by atoms with Crippen LogP contribution < -0.4 is 0 Å². The number of allylic oxidation sites excluding steroid dienone is 2. The molecular formula is C13H22O2Si. The van der Waals surface area contributed by atoms with Crippen molar-refractivity contribution < 1.29 is 9.53 Å². The maximum Gasteiger partial charge on any atom is 0.305 e. The molecule has 90 valence electrons. The molecule has 0 aliphatic heterocycles. The van der Waals surface area contributed by atoms with Crippen molar-refractivity contribution >= 4 is 14.0 Å². The van der Waals surface area contributed by atoms with Gasteiger partial charge in [-0.1, -0.05) is 31.8 Å². The van der Waals surface area contributed by atoms with Crippen LogP contribution in [0.1, 0.15) is 25.7 Å². The number of esters is 1. The highest BCUT2D eigenvalue weighted by Crippen LogP contribution is 1.99. The van der Waals surface area contributed by atoms with Crippen molar-refractivity contribution in [3.05, 3.63) is 12.2 Å². The molecule has 0 fully saturated rings. The molecule has 0 rings (SSSR count). The molecule has 16 heavy (non-hydrogen) atoms. The van der Waals surface area contributed by atoms with E-state index in [0.29, 0.717) is 6.42 Å². The van der Waals surface area contributed by atoms with Crippen LogP contribution >= 0.6 is 0 Å². The Bertz CT molecular complexity index is 289. The first-order valence-electron chi connectivity index (χ1n) is 5.67. The summed E-state index contributed by atoms with van der Waals surface area (Å²) in [5.41, 5.74) is 3.30. The van der Waals surface area contributed by atoms with E-state index in [1.54, 1.807) is 0 Å². The molecule has 0 aromatic carbocycles. The van der Waals surface area contributed by atoms with Crippen LogP contribution in [0.15, 0.2) is 12.2 Å². The van der Waals surface area contributed by atoms with Crippen LogP contribution in [0, 0.1) is 11.5 Å². The third kappa shape index (κ3) is 11.1. The van der Waals surface area contributed by atoms with E-state index in [4.69, 9.17) is 0 Å². The summed E-state index contributed by atoms with van der Waals surface area (Å²) in [6.07, 6.45) is 7.25. The Morgan fingerprint density at radius 1 is 1.31 bits per heavy atom. The SMILES string of the molecule is COC(=O)CCC/C=C\CC#C[Si](C)(C)C. The molecule has 0 bridgehead atoms. The van der Waals surface area contributed by atoms with Crippen LogP contribution in [0.3, 0.4) is 0 Å². The highest BCUT2D eigenvalue weighted by Gasteiger charge is 2.06. The van der Waals surface area contributed by atoms with E-state index < -0.39 is 8.07 Å². The highest BCUT2D eigenvalue weighted by molar-refractivity contribution is 6.83. The second kappa shape index (κ2) is 8.18. The molecule has 3 heteroatoms. The van der Waals surface area contributed by atoms with Crippen molar-refractivity contribution in [1.82, 2.24) is 0 Å². The van der Waals surface area contributed by atoms with E-state index >= 15 is 0 Å². The number of rotatable bonds is 5. The molecule has 0 radical (unpaired) electrons. The summed E-state index contributed by atoms with van der Waals surface area (Å²) in [7, 11) is 0.212. The number of unbranched alkanes of at least 4 members (excludes halogenated alkanes) is 1. The summed E-state index contributed by atoms with van der Waals surface area (Å²) in [6.45, 7) is 6.71. The van der Waals surface area contributed by atoms with Crippen molar-refractivity contribution in [3.63, 3.8) is 0 Å². The Morgan fingerprint density at radius 3 is 2.56 bits per heavy atom. The third-order valence-electron chi connectivity index (χ3n) is 1.83. The standard InChI is InChI=1S/C13H22O2Si/c1-15-13(14)11-9-7-5-6-8-10-12-16(2,3)4/h5-6H,7-9,11H2,1-4H3/b6-5-. The number of carbonyl (C=O) groups excluding carboxylic acids is 1. The second-order valence-corrected chi connectivity index (χ2v) is 9.45. The third-order valence-corrected chi connectivity index (χ3v) is 2.76. The molecule has 0 N–H and O–H groups in total. The number of hydrogen-bond donors (Lipinski definition) is 0. The summed E-state index contributed by atoms with van der Waals surface area (Å²) in [5, 5.41) is 0. The van der Waals surface area contributed by atoms with Gasteiger partial charge in [-0.2, -0.15) is 0 Å². The smallest absolute Gasteiger partial charge is 0.305 e. The normalized spacial score (nSPS) is 11.0. The van der Waals surface area contributed by atoms with Crippen molar-refractivity contribution in [3.8, 4) is 11.5 Å². The summed E-state index contributed by atoms with van der Waals surface area (Å²) >= 11 is 0. The zero-order valence-corrected chi connectivity index (χ0v) is 11.8. The maximum absolute atomic E-state index is 10.8. The number of hydrogen-bond acceptors (Lipinski definition) is 2. The zero-order valence-electron chi connectivity index (χ0n) is 10.8. The Morgan fingerprint density at radius 2 is 2.00 bits per heavy atom. The molecular weight excluding hydrogens is 216 g/mol. The minimum atomic E-state index is -1.21. The molecule has 0 aliphatic rings. The van der Waals surface area contributed by atoms with Crippen molar-refractivity contribution in [2.45, 2.75) is 45.3 Å². The molecule has 0 spiro atoms. The Hall–Kier alpha value is -1.01. The highest BCUT2D eigenvalue weighted by atomic mass is 28.3. The van der Waals surface area contributed by atoms with Gasteiger partial charge in [-0.15, -0.1) is 11.5 Å². The first-order valence-corrected chi connectivity index (χ1v) is 9.17. The van der Waals surface area contributed by atoms with Crippen LogP contribution in [0.25, 0.3) is 0 Å². The van der Waals surface area contributed by atoms with Crippen molar-refractivity contribution in [2.75, 3.05) is 7.11 Å². The molecule has 0 saturated carbocycles. The van der Waals surface area contributed by atoms with Gasteiger partial charge in [0.2, 0.25) is 0 Å². The quantitative estimate of drug-likeness (QED) is 0.242. The van der Waals surface area contributed by atoms with Crippen LogP contribution in [0.2, 0.25) is 19.6 Å². The second-order valence-electron chi connectivity index (χ2n) is 4.70. The van der Waals surface area contributed by atoms with Gasteiger partial charge in [0.15, 0.2) is 0 Å². The molecule has 0 heterocycles.